The number of hydrogen-bond acceptors (Lipinski definition) is 4. The number of rotatable bonds is 6. The zero-order chi connectivity index (χ0) is 19.9. The number of nitrogens with zero attached hydrogens (tertiary/aromatic N) is 2. The van der Waals surface area contributed by atoms with Crippen LogP contribution in [-0.4, -0.2) is 59.9 Å². The monoisotopic (exact) mass is 423 g/mol. The molecule has 0 radical (unpaired) electrons. The molecule has 7 heteroatoms. The lowest BCUT2D eigenvalue weighted by Gasteiger charge is -2.41. The summed E-state index contributed by atoms with van der Waals surface area (Å²) in [6.07, 6.45) is 5.06. The van der Waals surface area contributed by atoms with Crippen LogP contribution >= 0.6 is 12.4 Å². The van der Waals surface area contributed by atoms with Crippen LogP contribution < -0.4 is 10.5 Å². The molecule has 0 aliphatic carbocycles. The number of carbonyl (C=O) groups excluding carboxylic acids is 2. The van der Waals surface area contributed by atoms with Gasteiger partial charge in [0, 0.05) is 37.6 Å². The van der Waals surface area contributed by atoms with Crippen molar-refractivity contribution in [1.82, 2.24) is 9.80 Å². The van der Waals surface area contributed by atoms with Crippen molar-refractivity contribution in [2.24, 2.45) is 11.7 Å². The van der Waals surface area contributed by atoms with E-state index in [4.69, 9.17) is 10.5 Å². The highest BCUT2D eigenvalue weighted by molar-refractivity contribution is 5.85. The quantitative estimate of drug-likeness (QED) is 0.763. The second kappa shape index (κ2) is 11.4. The zero-order valence-electron chi connectivity index (χ0n) is 17.3. The molecule has 2 unspecified atom stereocenters. The molecule has 2 fully saturated rings. The van der Waals surface area contributed by atoms with Gasteiger partial charge in [0.15, 0.2) is 0 Å². The van der Waals surface area contributed by atoms with E-state index in [0.29, 0.717) is 26.1 Å². The third-order valence-electron chi connectivity index (χ3n) is 5.96. The predicted molar refractivity (Wildman–Crippen MR) is 116 cm³/mol. The third-order valence-corrected chi connectivity index (χ3v) is 5.96. The van der Waals surface area contributed by atoms with Gasteiger partial charge in [-0.1, -0.05) is 18.2 Å². The van der Waals surface area contributed by atoms with Crippen LogP contribution in [0.4, 0.5) is 0 Å². The molecule has 0 spiro atoms. The Hall–Kier alpha value is -1.79. The fourth-order valence-electron chi connectivity index (χ4n) is 4.32. The molecule has 2 aliphatic heterocycles. The Bertz CT molecular complexity index is 648. The second-order valence-electron chi connectivity index (χ2n) is 8.02. The van der Waals surface area contributed by atoms with Gasteiger partial charge in [0.05, 0.1) is 13.0 Å². The summed E-state index contributed by atoms with van der Waals surface area (Å²) in [5.41, 5.74) is 6.12. The van der Waals surface area contributed by atoms with Gasteiger partial charge in [-0.15, -0.1) is 12.4 Å². The molecular weight excluding hydrogens is 390 g/mol. The Labute approximate surface area is 180 Å². The molecule has 0 saturated carbocycles. The summed E-state index contributed by atoms with van der Waals surface area (Å²) in [6.45, 7) is 4.50. The molecule has 2 N–H and O–H groups in total. The number of para-hydroxylation sites is 1. The molecular formula is C22H34ClN3O3. The van der Waals surface area contributed by atoms with Gasteiger partial charge >= 0.3 is 0 Å². The highest BCUT2D eigenvalue weighted by Crippen LogP contribution is 2.26. The van der Waals surface area contributed by atoms with Gasteiger partial charge in [0.2, 0.25) is 11.8 Å². The van der Waals surface area contributed by atoms with E-state index < -0.39 is 0 Å². The van der Waals surface area contributed by atoms with E-state index in [1.54, 1.807) is 0 Å². The molecule has 3 rings (SSSR count). The lowest BCUT2D eigenvalue weighted by molar-refractivity contribution is -0.144. The molecule has 2 saturated heterocycles. The molecule has 162 valence electrons. The first-order valence-electron chi connectivity index (χ1n) is 10.6. The van der Waals surface area contributed by atoms with E-state index in [1.165, 1.54) is 0 Å². The minimum Gasteiger partial charge on any atom is -0.493 e. The van der Waals surface area contributed by atoms with Crippen molar-refractivity contribution in [3.8, 4) is 5.75 Å². The topological polar surface area (TPSA) is 75.9 Å². The molecule has 2 amide bonds. The number of nitrogens with two attached hydrogens (primary N) is 1. The van der Waals surface area contributed by atoms with Crippen LogP contribution in [0.15, 0.2) is 30.3 Å². The largest absolute Gasteiger partial charge is 0.493 e. The number of benzene rings is 1. The van der Waals surface area contributed by atoms with Gasteiger partial charge in [-0.3, -0.25) is 9.59 Å². The summed E-state index contributed by atoms with van der Waals surface area (Å²) >= 11 is 0. The number of carbonyl (C=O) groups is 2. The van der Waals surface area contributed by atoms with E-state index in [9.17, 15) is 9.59 Å². The van der Waals surface area contributed by atoms with Crippen LogP contribution in [0, 0.1) is 5.92 Å². The maximum atomic E-state index is 13.0. The van der Waals surface area contributed by atoms with Crippen molar-refractivity contribution >= 4 is 24.2 Å². The summed E-state index contributed by atoms with van der Waals surface area (Å²) in [7, 11) is 0. The van der Waals surface area contributed by atoms with Crippen LogP contribution in [0.3, 0.4) is 0 Å². The van der Waals surface area contributed by atoms with Crippen LogP contribution in [0.1, 0.15) is 45.4 Å². The van der Waals surface area contributed by atoms with E-state index in [2.05, 4.69) is 0 Å². The molecule has 6 nitrogen and oxygen atoms in total. The van der Waals surface area contributed by atoms with Gasteiger partial charge in [0.1, 0.15) is 5.75 Å². The Morgan fingerprint density at radius 1 is 1.10 bits per heavy atom. The molecule has 0 aromatic heterocycles. The van der Waals surface area contributed by atoms with Crippen molar-refractivity contribution in [3.63, 3.8) is 0 Å². The zero-order valence-corrected chi connectivity index (χ0v) is 18.1. The number of hydrogen-bond donors (Lipinski definition) is 1. The molecule has 1 aromatic rings. The van der Waals surface area contributed by atoms with Crippen LogP contribution in [0.25, 0.3) is 0 Å². The van der Waals surface area contributed by atoms with Crippen molar-refractivity contribution in [3.05, 3.63) is 30.3 Å². The third kappa shape index (κ3) is 6.34. The number of ether oxygens (including phenoxy) is 1. The van der Waals surface area contributed by atoms with Crippen molar-refractivity contribution in [1.29, 1.82) is 0 Å². The molecule has 2 aliphatic rings. The van der Waals surface area contributed by atoms with Gasteiger partial charge < -0.3 is 20.3 Å². The van der Waals surface area contributed by atoms with Gasteiger partial charge in [-0.05, 0) is 51.2 Å². The maximum absolute atomic E-state index is 13.0. The summed E-state index contributed by atoms with van der Waals surface area (Å²) in [5, 5.41) is 0. The fourth-order valence-corrected chi connectivity index (χ4v) is 4.32. The SMILES string of the molecule is CC(N)C1CCCCN1C(=O)C1CCN(C(=O)CCOc2ccccc2)CC1.Cl. The van der Waals surface area contributed by atoms with E-state index in [0.717, 1.165) is 44.4 Å². The summed E-state index contributed by atoms with van der Waals surface area (Å²) in [5.74, 6) is 1.14. The lowest BCUT2D eigenvalue weighted by atomic mass is 9.91. The normalized spacial score (nSPS) is 21.2. The first-order chi connectivity index (χ1) is 13.6. The van der Waals surface area contributed by atoms with Gasteiger partial charge in [-0.2, -0.15) is 0 Å². The predicted octanol–water partition coefficient (Wildman–Crippen LogP) is 2.84. The molecule has 0 bridgehead atoms. The van der Waals surface area contributed by atoms with E-state index in [1.807, 2.05) is 47.1 Å². The highest BCUT2D eigenvalue weighted by atomic mass is 35.5. The average molecular weight is 424 g/mol. The second-order valence-corrected chi connectivity index (χ2v) is 8.02. The minimum absolute atomic E-state index is 0. The minimum atomic E-state index is 0. The Balaban J connectivity index is 0.00000300. The number of amides is 2. The number of piperidine rings is 2. The van der Waals surface area contributed by atoms with E-state index in [-0.39, 0.29) is 42.2 Å². The first-order valence-corrected chi connectivity index (χ1v) is 10.6. The molecule has 2 atom stereocenters. The standard InChI is InChI=1S/C22H33N3O3.ClH/c1-17(23)20-9-5-6-13-25(20)22(27)18-10-14-24(15-11-18)21(26)12-16-28-19-7-3-2-4-8-19;/h2-4,7-8,17-18,20H,5-6,9-16,23H2,1H3;1H. The molecule has 29 heavy (non-hydrogen) atoms. The summed E-state index contributed by atoms with van der Waals surface area (Å²) < 4.78 is 5.62. The Kier molecular flexibility index (Phi) is 9.24. The molecule has 2 heterocycles. The lowest BCUT2D eigenvalue weighted by Crippen LogP contribution is -2.54. The fraction of sp³-hybridized carbons (Fsp3) is 0.636. The number of halogens is 1. The highest BCUT2D eigenvalue weighted by Gasteiger charge is 2.35. The van der Waals surface area contributed by atoms with Crippen LogP contribution in [-0.2, 0) is 9.59 Å². The first kappa shape index (κ1) is 23.5. The van der Waals surface area contributed by atoms with Crippen LogP contribution in [0.2, 0.25) is 0 Å². The van der Waals surface area contributed by atoms with Crippen molar-refractivity contribution in [2.45, 2.75) is 57.5 Å². The Morgan fingerprint density at radius 3 is 2.45 bits per heavy atom. The average Bonchev–Trinajstić information content (AvgIpc) is 2.74. The molecule has 1 aromatic carbocycles. The van der Waals surface area contributed by atoms with Gasteiger partial charge in [0.25, 0.3) is 0 Å². The van der Waals surface area contributed by atoms with Crippen LogP contribution in [0.5, 0.6) is 5.75 Å². The van der Waals surface area contributed by atoms with E-state index >= 15 is 0 Å². The number of likely N-dealkylation sites (tertiary alicyclic amines) is 2. The summed E-state index contributed by atoms with van der Waals surface area (Å²) in [4.78, 5) is 29.4. The van der Waals surface area contributed by atoms with Gasteiger partial charge in [-0.25, -0.2) is 0 Å². The smallest absolute Gasteiger partial charge is 0.226 e. The maximum Gasteiger partial charge on any atom is 0.226 e. The van der Waals surface area contributed by atoms with Crippen molar-refractivity contribution < 1.29 is 14.3 Å². The Morgan fingerprint density at radius 2 is 1.79 bits per heavy atom. The summed E-state index contributed by atoms with van der Waals surface area (Å²) in [6, 6.07) is 9.71. The van der Waals surface area contributed by atoms with Crippen molar-refractivity contribution in [2.75, 3.05) is 26.2 Å².